The minimum absolute atomic E-state index is 0.240. The summed E-state index contributed by atoms with van der Waals surface area (Å²) in [5.74, 6) is 0.629. The molecule has 3 rings (SSSR count). The van der Waals surface area contributed by atoms with Crippen LogP contribution in [0.5, 0.6) is 0 Å². The molecular weight excluding hydrogens is 240 g/mol. The first-order valence-electron chi connectivity index (χ1n) is 6.06. The number of nitrogens with two attached hydrogens (primary N) is 1. The van der Waals surface area contributed by atoms with Gasteiger partial charge in [-0.2, -0.15) is 4.80 Å². The molecule has 3 aromatic rings. The first-order chi connectivity index (χ1) is 9.24. The molecule has 2 heterocycles. The molecule has 2 aromatic heterocycles. The lowest BCUT2D eigenvalue weighted by atomic mass is 10.0. The summed E-state index contributed by atoms with van der Waals surface area (Å²) in [6, 6.07) is 9.81. The summed E-state index contributed by atoms with van der Waals surface area (Å²) < 4.78 is 0. The van der Waals surface area contributed by atoms with Crippen LogP contribution in [0.1, 0.15) is 17.6 Å². The summed E-state index contributed by atoms with van der Waals surface area (Å²) in [5, 5.41) is 14.1. The van der Waals surface area contributed by atoms with E-state index in [1.54, 1.807) is 13.2 Å². The van der Waals surface area contributed by atoms with Crippen molar-refractivity contribution in [2.45, 2.75) is 12.5 Å². The number of hydrogen-bond donors (Lipinski definition) is 1. The average molecular weight is 254 g/mol. The van der Waals surface area contributed by atoms with E-state index in [1.807, 2.05) is 30.3 Å². The average Bonchev–Trinajstić information content (AvgIpc) is 2.83. The van der Waals surface area contributed by atoms with Crippen molar-refractivity contribution in [2.24, 2.45) is 12.8 Å². The summed E-state index contributed by atoms with van der Waals surface area (Å²) in [4.78, 5) is 5.83. The van der Waals surface area contributed by atoms with Crippen molar-refractivity contribution in [3.63, 3.8) is 0 Å². The Bertz CT molecular complexity index is 700. The lowest BCUT2D eigenvalue weighted by molar-refractivity contribution is 0.621. The van der Waals surface area contributed by atoms with Crippen LogP contribution in [-0.4, -0.2) is 25.2 Å². The Morgan fingerprint density at radius 3 is 2.89 bits per heavy atom. The number of hydrogen-bond acceptors (Lipinski definition) is 5. The Labute approximate surface area is 110 Å². The SMILES string of the molecule is Cn1nnc(CC(N)c2nccc3ccccc23)n1. The van der Waals surface area contributed by atoms with E-state index in [9.17, 15) is 0 Å². The van der Waals surface area contributed by atoms with Gasteiger partial charge in [0, 0.05) is 18.0 Å². The van der Waals surface area contributed by atoms with Crippen molar-refractivity contribution in [3.8, 4) is 0 Å². The van der Waals surface area contributed by atoms with Gasteiger partial charge in [0.1, 0.15) is 0 Å². The van der Waals surface area contributed by atoms with Gasteiger partial charge in [0.25, 0.3) is 0 Å². The van der Waals surface area contributed by atoms with Gasteiger partial charge in [-0.3, -0.25) is 4.98 Å². The van der Waals surface area contributed by atoms with Crippen molar-refractivity contribution in [2.75, 3.05) is 0 Å². The maximum absolute atomic E-state index is 6.22. The minimum Gasteiger partial charge on any atom is -0.322 e. The van der Waals surface area contributed by atoms with Gasteiger partial charge in [0.15, 0.2) is 5.82 Å². The molecule has 1 atom stereocenters. The quantitative estimate of drug-likeness (QED) is 0.754. The molecule has 6 nitrogen and oxygen atoms in total. The van der Waals surface area contributed by atoms with E-state index < -0.39 is 0 Å². The second-order valence-electron chi connectivity index (χ2n) is 4.42. The van der Waals surface area contributed by atoms with Crippen molar-refractivity contribution in [3.05, 3.63) is 48.0 Å². The maximum atomic E-state index is 6.22. The standard InChI is InChI=1S/C13H14N6/c1-19-17-12(16-18-19)8-11(14)13-10-5-3-2-4-9(10)6-7-15-13/h2-7,11H,8,14H2,1H3. The molecule has 1 unspecified atom stereocenters. The van der Waals surface area contributed by atoms with Crippen LogP contribution in [0.25, 0.3) is 10.8 Å². The summed E-state index contributed by atoms with van der Waals surface area (Å²) in [6.45, 7) is 0. The maximum Gasteiger partial charge on any atom is 0.176 e. The molecule has 0 spiro atoms. The van der Waals surface area contributed by atoms with E-state index in [0.29, 0.717) is 12.2 Å². The van der Waals surface area contributed by atoms with E-state index >= 15 is 0 Å². The Morgan fingerprint density at radius 2 is 2.11 bits per heavy atom. The smallest absolute Gasteiger partial charge is 0.176 e. The Hall–Kier alpha value is -2.34. The van der Waals surface area contributed by atoms with Crippen molar-refractivity contribution in [1.82, 2.24) is 25.2 Å². The topological polar surface area (TPSA) is 82.5 Å². The van der Waals surface area contributed by atoms with Gasteiger partial charge in [-0.15, -0.1) is 10.2 Å². The molecule has 0 fully saturated rings. The Balaban J connectivity index is 1.95. The van der Waals surface area contributed by atoms with E-state index in [0.717, 1.165) is 16.5 Å². The molecule has 0 bridgehead atoms. The first-order valence-corrected chi connectivity index (χ1v) is 6.06. The predicted molar refractivity (Wildman–Crippen MR) is 71.2 cm³/mol. The number of benzene rings is 1. The van der Waals surface area contributed by atoms with Gasteiger partial charge >= 0.3 is 0 Å². The Kier molecular flexibility index (Phi) is 2.92. The second-order valence-corrected chi connectivity index (χ2v) is 4.42. The molecule has 0 aliphatic rings. The van der Waals surface area contributed by atoms with E-state index in [4.69, 9.17) is 5.73 Å². The summed E-state index contributed by atoms with van der Waals surface area (Å²) >= 11 is 0. The van der Waals surface area contributed by atoms with Gasteiger partial charge in [-0.25, -0.2) is 0 Å². The number of tetrazole rings is 1. The van der Waals surface area contributed by atoms with Crippen LogP contribution in [0.2, 0.25) is 0 Å². The van der Waals surface area contributed by atoms with Gasteiger partial charge in [0.05, 0.1) is 18.8 Å². The molecule has 0 saturated heterocycles. The van der Waals surface area contributed by atoms with Crippen molar-refractivity contribution < 1.29 is 0 Å². The molecule has 1 aromatic carbocycles. The summed E-state index contributed by atoms with van der Waals surface area (Å²) in [6.07, 6.45) is 2.30. The van der Waals surface area contributed by atoms with Gasteiger partial charge < -0.3 is 5.73 Å². The molecule has 6 heteroatoms. The van der Waals surface area contributed by atoms with Crippen LogP contribution in [0.3, 0.4) is 0 Å². The zero-order valence-corrected chi connectivity index (χ0v) is 10.6. The van der Waals surface area contributed by atoms with E-state index in [-0.39, 0.29) is 6.04 Å². The zero-order valence-electron chi connectivity index (χ0n) is 10.6. The van der Waals surface area contributed by atoms with Gasteiger partial charge in [0.2, 0.25) is 0 Å². The number of pyridine rings is 1. The predicted octanol–water partition coefficient (Wildman–Crippen LogP) is 1.00. The third-order valence-electron chi connectivity index (χ3n) is 3.01. The van der Waals surface area contributed by atoms with Crippen molar-refractivity contribution in [1.29, 1.82) is 0 Å². The molecule has 0 saturated carbocycles. The van der Waals surface area contributed by atoms with Crippen LogP contribution < -0.4 is 5.73 Å². The summed E-state index contributed by atoms with van der Waals surface area (Å²) in [5.41, 5.74) is 7.09. The molecule has 96 valence electrons. The fourth-order valence-corrected chi connectivity index (χ4v) is 2.14. The monoisotopic (exact) mass is 254 g/mol. The van der Waals surface area contributed by atoms with Crippen molar-refractivity contribution >= 4 is 10.8 Å². The minimum atomic E-state index is -0.240. The highest BCUT2D eigenvalue weighted by Gasteiger charge is 2.14. The van der Waals surface area contributed by atoms with Gasteiger partial charge in [-0.05, 0) is 16.7 Å². The molecule has 0 amide bonds. The largest absolute Gasteiger partial charge is 0.322 e. The van der Waals surface area contributed by atoms with Crippen LogP contribution in [0.4, 0.5) is 0 Å². The highest BCUT2D eigenvalue weighted by Crippen LogP contribution is 2.22. The molecule has 19 heavy (non-hydrogen) atoms. The number of nitrogens with zero attached hydrogens (tertiary/aromatic N) is 5. The fourth-order valence-electron chi connectivity index (χ4n) is 2.14. The van der Waals surface area contributed by atoms with Crippen LogP contribution in [-0.2, 0) is 13.5 Å². The third-order valence-corrected chi connectivity index (χ3v) is 3.01. The fraction of sp³-hybridized carbons (Fsp3) is 0.231. The van der Waals surface area contributed by atoms with Crippen LogP contribution in [0.15, 0.2) is 36.5 Å². The lowest BCUT2D eigenvalue weighted by Gasteiger charge is -2.11. The lowest BCUT2D eigenvalue weighted by Crippen LogP contribution is -2.16. The number of aromatic nitrogens is 5. The molecule has 0 aliphatic carbocycles. The number of aryl methyl sites for hydroxylation is 1. The summed E-state index contributed by atoms with van der Waals surface area (Å²) in [7, 11) is 1.73. The second kappa shape index (κ2) is 4.74. The molecule has 2 N–H and O–H groups in total. The zero-order chi connectivity index (χ0) is 13.2. The van der Waals surface area contributed by atoms with Crippen LogP contribution >= 0.6 is 0 Å². The van der Waals surface area contributed by atoms with Crippen LogP contribution in [0, 0.1) is 0 Å². The van der Waals surface area contributed by atoms with Gasteiger partial charge in [-0.1, -0.05) is 24.3 Å². The highest BCUT2D eigenvalue weighted by molar-refractivity contribution is 5.84. The Morgan fingerprint density at radius 1 is 1.26 bits per heavy atom. The highest BCUT2D eigenvalue weighted by atomic mass is 15.6. The molecule has 0 radical (unpaired) electrons. The van der Waals surface area contributed by atoms with E-state index in [1.165, 1.54) is 4.80 Å². The molecule has 0 aliphatic heterocycles. The molecular formula is C13H14N6. The number of fused-ring (bicyclic) bond motifs is 1. The number of rotatable bonds is 3. The first kappa shape index (κ1) is 11.7. The third kappa shape index (κ3) is 2.30. The van der Waals surface area contributed by atoms with E-state index in [2.05, 4.69) is 20.4 Å². The normalized spacial score (nSPS) is 12.7.